The molecule has 0 radical (unpaired) electrons. The number of nitrogens with one attached hydrogen (secondary N) is 2. The average Bonchev–Trinajstić information content (AvgIpc) is 2.36. The lowest BCUT2D eigenvalue weighted by atomic mass is 10.2. The van der Waals surface area contributed by atoms with Gasteiger partial charge in [0.1, 0.15) is 0 Å². The first-order chi connectivity index (χ1) is 8.36. The number of halogens is 1. The second-order valence-corrected chi connectivity index (χ2v) is 6.30. The zero-order valence-corrected chi connectivity index (χ0v) is 15.4. The van der Waals surface area contributed by atoms with Gasteiger partial charge in [-0.15, -0.1) is 24.0 Å². The van der Waals surface area contributed by atoms with E-state index in [1.807, 2.05) is 23.5 Å². The van der Waals surface area contributed by atoms with Crippen LogP contribution in [0.3, 0.4) is 0 Å². The summed E-state index contributed by atoms with van der Waals surface area (Å²) in [7, 11) is 0. The van der Waals surface area contributed by atoms with Crippen molar-refractivity contribution >= 4 is 53.5 Å². The normalized spacial score (nSPS) is 20.1. The van der Waals surface area contributed by atoms with E-state index in [-0.39, 0.29) is 24.0 Å². The van der Waals surface area contributed by atoms with Crippen LogP contribution in [0.15, 0.2) is 4.99 Å². The minimum absolute atomic E-state index is 0. The zero-order valence-electron chi connectivity index (χ0n) is 11.4. The zero-order chi connectivity index (χ0) is 12.3. The first-order valence-corrected chi connectivity index (χ1v) is 9.03. The standard InChI is InChI=1S/C12H25N3S2.HI/c1-3-13-12(14-7-5-8-16-2)15-11-6-4-9-17-10-11;/h11H,3-10H2,1-2H3,(H2,13,14,15);1H. The maximum Gasteiger partial charge on any atom is 0.191 e. The Bertz CT molecular complexity index is 221. The number of nitrogens with zero attached hydrogens (tertiary/aromatic N) is 1. The molecule has 1 heterocycles. The number of hydrogen-bond acceptors (Lipinski definition) is 3. The summed E-state index contributed by atoms with van der Waals surface area (Å²) in [6.07, 6.45) is 5.92. The predicted molar refractivity (Wildman–Crippen MR) is 97.9 cm³/mol. The van der Waals surface area contributed by atoms with E-state index in [4.69, 9.17) is 0 Å². The Labute approximate surface area is 137 Å². The van der Waals surface area contributed by atoms with E-state index in [2.05, 4.69) is 28.8 Å². The fraction of sp³-hybridized carbons (Fsp3) is 0.917. The molecule has 0 amide bonds. The lowest BCUT2D eigenvalue weighted by Gasteiger charge is -2.24. The summed E-state index contributed by atoms with van der Waals surface area (Å²) in [4.78, 5) is 4.62. The maximum atomic E-state index is 4.62. The van der Waals surface area contributed by atoms with Crippen molar-refractivity contribution in [2.45, 2.75) is 32.2 Å². The minimum atomic E-state index is 0. The second-order valence-electron chi connectivity index (χ2n) is 4.17. The molecule has 0 aliphatic carbocycles. The molecular formula is C12H26IN3S2. The van der Waals surface area contributed by atoms with E-state index in [9.17, 15) is 0 Å². The lowest BCUT2D eigenvalue weighted by molar-refractivity contribution is 0.582. The summed E-state index contributed by atoms with van der Waals surface area (Å²) in [5, 5.41) is 6.87. The predicted octanol–water partition coefficient (Wildman–Crippen LogP) is 2.81. The van der Waals surface area contributed by atoms with E-state index >= 15 is 0 Å². The lowest BCUT2D eigenvalue weighted by Crippen LogP contribution is -2.45. The quantitative estimate of drug-likeness (QED) is 0.310. The molecule has 1 saturated heterocycles. The minimum Gasteiger partial charge on any atom is -0.357 e. The Morgan fingerprint density at radius 2 is 2.33 bits per heavy atom. The van der Waals surface area contributed by atoms with Crippen molar-refractivity contribution in [3.8, 4) is 0 Å². The molecule has 1 aliphatic heterocycles. The van der Waals surface area contributed by atoms with Crippen LogP contribution >= 0.6 is 47.5 Å². The number of guanidine groups is 1. The van der Waals surface area contributed by atoms with Crippen LogP contribution in [0.1, 0.15) is 26.2 Å². The molecule has 0 spiro atoms. The van der Waals surface area contributed by atoms with Crippen molar-refractivity contribution in [2.75, 3.05) is 36.6 Å². The van der Waals surface area contributed by atoms with Gasteiger partial charge in [-0.1, -0.05) is 0 Å². The molecule has 1 rings (SSSR count). The number of thioether (sulfide) groups is 2. The molecule has 6 heteroatoms. The van der Waals surface area contributed by atoms with Gasteiger partial charge in [0, 0.05) is 24.9 Å². The third-order valence-electron chi connectivity index (χ3n) is 2.62. The van der Waals surface area contributed by atoms with Gasteiger partial charge >= 0.3 is 0 Å². The summed E-state index contributed by atoms with van der Waals surface area (Å²) in [5.74, 6) is 4.73. The highest BCUT2D eigenvalue weighted by Gasteiger charge is 2.14. The summed E-state index contributed by atoms with van der Waals surface area (Å²) in [5.41, 5.74) is 0. The number of aliphatic imine (C=N–C) groups is 1. The first kappa shape index (κ1) is 18.7. The highest BCUT2D eigenvalue weighted by Crippen LogP contribution is 2.16. The molecule has 0 aromatic carbocycles. The van der Waals surface area contributed by atoms with Crippen molar-refractivity contribution in [3.05, 3.63) is 0 Å². The summed E-state index contributed by atoms with van der Waals surface area (Å²) in [6, 6.07) is 0.604. The largest absolute Gasteiger partial charge is 0.357 e. The third-order valence-corrected chi connectivity index (χ3v) is 4.53. The molecule has 1 unspecified atom stereocenters. The molecule has 108 valence electrons. The van der Waals surface area contributed by atoms with Gasteiger partial charge in [0.2, 0.25) is 0 Å². The maximum absolute atomic E-state index is 4.62. The van der Waals surface area contributed by atoms with E-state index in [1.54, 1.807) is 0 Å². The molecule has 1 atom stereocenters. The molecule has 3 nitrogen and oxygen atoms in total. The van der Waals surface area contributed by atoms with Gasteiger partial charge in [-0.25, -0.2) is 0 Å². The van der Waals surface area contributed by atoms with Crippen molar-refractivity contribution in [2.24, 2.45) is 4.99 Å². The van der Waals surface area contributed by atoms with Crippen LogP contribution in [-0.4, -0.2) is 48.6 Å². The van der Waals surface area contributed by atoms with Gasteiger partial charge in [0.25, 0.3) is 0 Å². The summed E-state index contributed by atoms with van der Waals surface area (Å²) < 4.78 is 0. The Morgan fingerprint density at radius 1 is 1.50 bits per heavy atom. The van der Waals surface area contributed by atoms with Crippen molar-refractivity contribution in [1.29, 1.82) is 0 Å². The molecule has 0 aromatic heterocycles. The summed E-state index contributed by atoms with van der Waals surface area (Å²) in [6.45, 7) is 3.99. The van der Waals surface area contributed by atoms with Gasteiger partial charge in [0.15, 0.2) is 5.96 Å². The number of hydrogen-bond donors (Lipinski definition) is 2. The molecule has 18 heavy (non-hydrogen) atoms. The average molecular weight is 403 g/mol. The molecule has 2 N–H and O–H groups in total. The second kappa shape index (κ2) is 12.7. The molecular weight excluding hydrogens is 377 g/mol. The van der Waals surface area contributed by atoms with E-state index < -0.39 is 0 Å². The van der Waals surface area contributed by atoms with Gasteiger partial charge < -0.3 is 10.6 Å². The van der Waals surface area contributed by atoms with Gasteiger partial charge in [-0.2, -0.15) is 23.5 Å². The molecule has 0 aromatic rings. The van der Waals surface area contributed by atoms with Crippen molar-refractivity contribution < 1.29 is 0 Å². The van der Waals surface area contributed by atoms with Crippen LogP contribution in [0, 0.1) is 0 Å². The Kier molecular flexibility index (Phi) is 13.2. The van der Waals surface area contributed by atoms with Crippen LogP contribution in [-0.2, 0) is 0 Å². The first-order valence-electron chi connectivity index (χ1n) is 6.48. The van der Waals surface area contributed by atoms with Gasteiger partial charge in [-0.05, 0) is 43.9 Å². The highest BCUT2D eigenvalue weighted by atomic mass is 127. The smallest absolute Gasteiger partial charge is 0.191 e. The van der Waals surface area contributed by atoms with Crippen LogP contribution in [0.2, 0.25) is 0 Å². The fourth-order valence-electron chi connectivity index (χ4n) is 1.77. The van der Waals surface area contributed by atoms with Crippen LogP contribution in [0.5, 0.6) is 0 Å². The Morgan fingerprint density at radius 3 is 2.94 bits per heavy atom. The van der Waals surface area contributed by atoms with E-state index in [0.717, 1.165) is 25.5 Å². The van der Waals surface area contributed by atoms with E-state index in [0.29, 0.717) is 6.04 Å². The monoisotopic (exact) mass is 403 g/mol. The van der Waals surface area contributed by atoms with Gasteiger partial charge in [0.05, 0.1) is 0 Å². The molecule has 0 bridgehead atoms. The van der Waals surface area contributed by atoms with E-state index in [1.165, 1.54) is 30.1 Å². The summed E-state index contributed by atoms with van der Waals surface area (Å²) >= 11 is 3.94. The van der Waals surface area contributed by atoms with Crippen molar-refractivity contribution in [3.63, 3.8) is 0 Å². The third kappa shape index (κ3) is 8.74. The molecule has 0 saturated carbocycles. The van der Waals surface area contributed by atoms with Crippen LogP contribution in [0.4, 0.5) is 0 Å². The topological polar surface area (TPSA) is 36.4 Å². The highest BCUT2D eigenvalue weighted by molar-refractivity contribution is 14.0. The Balaban J connectivity index is 0.00000289. The van der Waals surface area contributed by atoms with Gasteiger partial charge in [-0.3, -0.25) is 4.99 Å². The van der Waals surface area contributed by atoms with Crippen molar-refractivity contribution in [1.82, 2.24) is 10.6 Å². The number of rotatable bonds is 6. The molecule has 1 aliphatic rings. The Hall–Kier alpha value is 0.700. The SMILES string of the molecule is CCNC(=NCCCSC)NC1CCCSC1.I. The molecule has 1 fully saturated rings. The van der Waals surface area contributed by atoms with Crippen LogP contribution < -0.4 is 10.6 Å². The fourth-order valence-corrected chi connectivity index (χ4v) is 3.26. The van der Waals surface area contributed by atoms with Crippen LogP contribution in [0.25, 0.3) is 0 Å².